The van der Waals surface area contributed by atoms with E-state index in [9.17, 15) is 21.6 Å². The lowest BCUT2D eigenvalue weighted by molar-refractivity contribution is -0.138. The molecule has 2 N–H and O–H groups in total. The fraction of sp³-hybridized carbons (Fsp3) is 1.00. The second-order valence-electron chi connectivity index (χ2n) is 4.89. The van der Waals surface area contributed by atoms with Crippen LogP contribution < -0.4 is 4.72 Å². The number of rotatable bonds is 5. The second-order valence-corrected chi connectivity index (χ2v) is 6.59. The quantitative estimate of drug-likeness (QED) is 0.792. The number of alkyl halides is 3. The molecule has 0 amide bonds. The number of hydrogen-bond donors (Lipinski definition) is 2. The summed E-state index contributed by atoms with van der Waals surface area (Å²) in [7, 11) is -3.93. The Morgan fingerprint density at radius 1 is 1.47 bits per heavy atom. The molecule has 0 aromatic carbocycles. The first-order valence-corrected chi connectivity index (χ1v) is 7.53. The van der Waals surface area contributed by atoms with Gasteiger partial charge in [0.2, 0.25) is 0 Å². The molecule has 9 heteroatoms. The van der Waals surface area contributed by atoms with Crippen molar-refractivity contribution in [3.63, 3.8) is 0 Å². The largest absolute Gasteiger partial charge is 0.396 e. The van der Waals surface area contributed by atoms with E-state index in [1.807, 2.05) is 4.72 Å². The first-order valence-electron chi connectivity index (χ1n) is 6.09. The Morgan fingerprint density at radius 2 is 2.11 bits per heavy atom. The lowest BCUT2D eigenvalue weighted by Gasteiger charge is -2.32. The standard InChI is InChI=1S/C10H19F3N2O3S/c1-8(5-10(11,12)13)14-19(17,18)15-4-2-3-9(6-15)7-16/h8-9,14,16H,2-7H2,1H3. The minimum atomic E-state index is -4.41. The van der Waals surface area contributed by atoms with E-state index in [1.54, 1.807) is 0 Å². The van der Waals surface area contributed by atoms with Crippen LogP contribution in [0.3, 0.4) is 0 Å². The highest BCUT2D eigenvalue weighted by Crippen LogP contribution is 2.23. The highest BCUT2D eigenvalue weighted by molar-refractivity contribution is 7.87. The summed E-state index contributed by atoms with van der Waals surface area (Å²) in [6.07, 6.45) is -4.29. The summed E-state index contributed by atoms with van der Waals surface area (Å²) in [6.45, 7) is 1.47. The lowest BCUT2D eigenvalue weighted by atomic mass is 10.0. The third kappa shape index (κ3) is 5.64. The van der Waals surface area contributed by atoms with Crippen molar-refractivity contribution in [2.75, 3.05) is 19.7 Å². The van der Waals surface area contributed by atoms with Crippen molar-refractivity contribution >= 4 is 10.2 Å². The molecule has 0 aromatic rings. The van der Waals surface area contributed by atoms with E-state index < -0.39 is 28.8 Å². The smallest absolute Gasteiger partial charge is 0.390 e. The molecule has 19 heavy (non-hydrogen) atoms. The molecule has 1 rings (SSSR count). The van der Waals surface area contributed by atoms with Crippen molar-refractivity contribution in [1.82, 2.24) is 9.03 Å². The van der Waals surface area contributed by atoms with Crippen LogP contribution in [0.25, 0.3) is 0 Å². The number of aliphatic hydroxyl groups excluding tert-OH is 1. The van der Waals surface area contributed by atoms with Gasteiger partial charge in [-0.1, -0.05) is 0 Å². The molecule has 2 unspecified atom stereocenters. The van der Waals surface area contributed by atoms with Crippen LogP contribution in [-0.4, -0.2) is 49.7 Å². The van der Waals surface area contributed by atoms with Gasteiger partial charge in [-0.25, -0.2) is 0 Å². The predicted molar refractivity (Wildman–Crippen MR) is 63.6 cm³/mol. The van der Waals surface area contributed by atoms with Crippen LogP contribution in [0.4, 0.5) is 13.2 Å². The van der Waals surface area contributed by atoms with Crippen LogP contribution in [0.5, 0.6) is 0 Å². The van der Waals surface area contributed by atoms with Gasteiger partial charge in [-0.05, 0) is 25.7 Å². The average molecular weight is 304 g/mol. The number of hydrogen-bond acceptors (Lipinski definition) is 3. The van der Waals surface area contributed by atoms with E-state index in [0.717, 1.165) is 10.7 Å². The van der Waals surface area contributed by atoms with Crippen molar-refractivity contribution in [3.05, 3.63) is 0 Å². The number of halogens is 3. The fourth-order valence-electron chi connectivity index (χ4n) is 2.11. The van der Waals surface area contributed by atoms with Crippen LogP contribution in [0.2, 0.25) is 0 Å². The van der Waals surface area contributed by atoms with Crippen molar-refractivity contribution in [2.45, 2.75) is 38.4 Å². The van der Waals surface area contributed by atoms with Gasteiger partial charge in [0.15, 0.2) is 0 Å². The molecule has 0 radical (unpaired) electrons. The number of piperidine rings is 1. The normalized spacial score (nSPS) is 24.4. The van der Waals surface area contributed by atoms with Gasteiger partial charge >= 0.3 is 6.18 Å². The molecule has 0 saturated carbocycles. The first-order chi connectivity index (χ1) is 8.64. The molecule has 2 atom stereocenters. The molecular formula is C10H19F3N2O3S. The van der Waals surface area contributed by atoms with Crippen LogP contribution in [0, 0.1) is 5.92 Å². The molecule has 1 heterocycles. The monoisotopic (exact) mass is 304 g/mol. The Labute approximate surface area is 111 Å². The Balaban J connectivity index is 2.60. The second kappa shape index (κ2) is 6.38. The highest BCUT2D eigenvalue weighted by Gasteiger charge is 2.34. The van der Waals surface area contributed by atoms with Gasteiger partial charge in [-0.3, -0.25) is 0 Å². The molecule has 1 aliphatic heterocycles. The zero-order chi connectivity index (χ0) is 14.7. The van der Waals surface area contributed by atoms with Gasteiger partial charge in [-0.2, -0.15) is 30.6 Å². The SMILES string of the molecule is CC(CC(F)(F)F)NS(=O)(=O)N1CCCC(CO)C1. The van der Waals surface area contributed by atoms with Gasteiger partial charge in [0, 0.05) is 25.7 Å². The number of aliphatic hydroxyl groups is 1. The summed E-state index contributed by atoms with van der Waals surface area (Å²) in [5.41, 5.74) is 0. The first kappa shape index (κ1) is 16.7. The molecule has 0 aromatic heterocycles. The third-order valence-corrected chi connectivity index (χ3v) is 4.68. The van der Waals surface area contributed by atoms with Crippen LogP contribution >= 0.6 is 0 Å². The van der Waals surface area contributed by atoms with Crippen LogP contribution in [-0.2, 0) is 10.2 Å². The van der Waals surface area contributed by atoms with Crippen LogP contribution in [0.1, 0.15) is 26.2 Å². The van der Waals surface area contributed by atoms with E-state index in [2.05, 4.69) is 0 Å². The molecule has 0 bridgehead atoms. The van der Waals surface area contributed by atoms with Crippen molar-refractivity contribution in [1.29, 1.82) is 0 Å². The van der Waals surface area contributed by atoms with Gasteiger partial charge in [-0.15, -0.1) is 0 Å². The molecule has 1 fully saturated rings. The Bertz CT molecular complexity index is 386. The summed E-state index contributed by atoms with van der Waals surface area (Å²) in [5, 5.41) is 9.02. The maximum atomic E-state index is 12.2. The molecule has 5 nitrogen and oxygen atoms in total. The molecule has 1 saturated heterocycles. The van der Waals surface area contributed by atoms with Gasteiger partial charge in [0.05, 0.1) is 6.42 Å². The zero-order valence-corrected chi connectivity index (χ0v) is 11.5. The Hall–Kier alpha value is -0.380. The molecule has 1 aliphatic rings. The van der Waals surface area contributed by atoms with E-state index in [4.69, 9.17) is 5.11 Å². The van der Waals surface area contributed by atoms with Gasteiger partial charge < -0.3 is 5.11 Å². The fourth-order valence-corrected chi connectivity index (χ4v) is 3.63. The summed E-state index contributed by atoms with van der Waals surface area (Å²) in [5.74, 6) is -0.150. The summed E-state index contributed by atoms with van der Waals surface area (Å²) >= 11 is 0. The maximum Gasteiger partial charge on any atom is 0.390 e. The third-order valence-electron chi connectivity index (χ3n) is 2.97. The van der Waals surface area contributed by atoms with Crippen LogP contribution in [0.15, 0.2) is 0 Å². The zero-order valence-electron chi connectivity index (χ0n) is 10.7. The van der Waals surface area contributed by atoms with E-state index in [0.29, 0.717) is 6.42 Å². The van der Waals surface area contributed by atoms with E-state index in [1.165, 1.54) is 6.92 Å². The summed E-state index contributed by atoms with van der Waals surface area (Å²) < 4.78 is 63.4. The van der Waals surface area contributed by atoms with Gasteiger partial charge in [0.25, 0.3) is 10.2 Å². The molecule has 114 valence electrons. The van der Waals surface area contributed by atoms with E-state index in [-0.39, 0.29) is 25.6 Å². The van der Waals surface area contributed by atoms with Crippen molar-refractivity contribution in [3.8, 4) is 0 Å². The lowest BCUT2D eigenvalue weighted by Crippen LogP contribution is -2.49. The Morgan fingerprint density at radius 3 is 2.63 bits per heavy atom. The highest BCUT2D eigenvalue weighted by atomic mass is 32.2. The van der Waals surface area contributed by atoms with Crippen molar-refractivity contribution < 1.29 is 26.7 Å². The summed E-state index contributed by atoms with van der Waals surface area (Å²) in [6, 6.07) is -1.21. The average Bonchev–Trinajstić information content (AvgIpc) is 2.25. The minimum Gasteiger partial charge on any atom is -0.396 e. The number of nitrogens with one attached hydrogen (secondary N) is 1. The summed E-state index contributed by atoms with van der Waals surface area (Å²) in [4.78, 5) is 0. The molecule has 0 aliphatic carbocycles. The minimum absolute atomic E-state index is 0.121. The maximum absolute atomic E-state index is 12.2. The topological polar surface area (TPSA) is 69.6 Å². The van der Waals surface area contributed by atoms with Gasteiger partial charge in [0.1, 0.15) is 0 Å². The van der Waals surface area contributed by atoms with E-state index >= 15 is 0 Å². The van der Waals surface area contributed by atoms with Crippen molar-refractivity contribution in [2.24, 2.45) is 5.92 Å². The Kier molecular flexibility index (Phi) is 5.60. The molecule has 0 spiro atoms. The molecular weight excluding hydrogens is 285 g/mol. The number of nitrogens with zero attached hydrogens (tertiary/aromatic N) is 1. The predicted octanol–water partition coefficient (Wildman–Crippen LogP) is 0.866.